The van der Waals surface area contributed by atoms with Crippen molar-refractivity contribution in [2.24, 2.45) is 0 Å². The first-order valence-corrected chi connectivity index (χ1v) is 8.21. The molecule has 1 N–H and O–H groups in total. The van der Waals surface area contributed by atoms with E-state index in [4.69, 9.17) is 0 Å². The third-order valence-electron chi connectivity index (χ3n) is 4.42. The number of nitrogens with one attached hydrogen (secondary N) is 1. The fraction of sp³-hybridized carbons (Fsp3) is 0.316. The maximum Gasteiger partial charge on any atom is 0.255 e. The smallest absolute Gasteiger partial charge is 0.255 e. The van der Waals surface area contributed by atoms with Crippen LogP contribution in [0.5, 0.6) is 0 Å². The van der Waals surface area contributed by atoms with Crippen LogP contribution < -0.4 is 5.32 Å². The number of amides is 2. The summed E-state index contributed by atoms with van der Waals surface area (Å²) in [6.07, 6.45) is 4.78. The number of carbonyl (C=O) groups excluding carboxylic acids is 2. The highest BCUT2D eigenvalue weighted by Gasteiger charge is 2.25. The number of aryl methyl sites for hydroxylation is 1. The van der Waals surface area contributed by atoms with Crippen molar-refractivity contribution in [1.82, 2.24) is 15.2 Å². The molecule has 5 heteroatoms. The standard InChI is InChI=1S/C19H21N3O2/c1-14-5-2-3-7-17(14)18(23)21-16-8-11-22(12-9-16)19(24)15-6-4-10-20-13-15/h2-7,10,13,16H,8-9,11-12H2,1H3,(H,21,23). The van der Waals surface area contributed by atoms with Gasteiger partial charge in [0.25, 0.3) is 11.8 Å². The minimum absolute atomic E-state index is 0.00628. The van der Waals surface area contributed by atoms with Crippen LogP contribution in [0.2, 0.25) is 0 Å². The van der Waals surface area contributed by atoms with Crippen molar-refractivity contribution in [3.8, 4) is 0 Å². The van der Waals surface area contributed by atoms with E-state index in [2.05, 4.69) is 10.3 Å². The van der Waals surface area contributed by atoms with E-state index in [1.165, 1.54) is 0 Å². The maximum absolute atomic E-state index is 12.4. The lowest BCUT2D eigenvalue weighted by molar-refractivity contribution is 0.0697. The molecule has 1 aromatic heterocycles. The molecule has 2 amide bonds. The summed E-state index contributed by atoms with van der Waals surface area (Å²) >= 11 is 0. The molecule has 5 nitrogen and oxygen atoms in total. The zero-order valence-electron chi connectivity index (χ0n) is 13.7. The van der Waals surface area contributed by atoms with E-state index in [1.54, 1.807) is 24.5 Å². The van der Waals surface area contributed by atoms with E-state index in [0.29, 0.717) is 24.2 Å². The van der Waals surface area contributed by atoms with Gasteiger partial charge in [0.05, 0.1) is 5.56 Å². The van der Waals surface area contributed by atoms with Gasteiger partial charge in [0.1, 0.15) is 0 Å². The summed E-state index contributed by atoms with van der Waals surface area (Å²) in [7, 11) is 0. The molecule has 1 saturated heterocycles. The van der Waals surface area contributed by atoms with Crippen LogP contribution in [0.15, 0.2) is 48.8 Å². The third-order valence-corrected chi connectivity index (χ3v) is 4.42. The van der Waals surface area contributed by atoms with Gasteiger partial charge >= 0.3 is 0 Å². The Kier molecular flexibility index (Phi) is 4.89. The Hall–Kier alpha value is -2.69. The van der Waals surface area contributed by atoms with Crippen molar-refractivity contribution >= 4 is 11.8 Å². The second-order valence-electron chi connectivity index (χ2n) is 6.10. The molecule has 0 bridgehead atoms. The zero-order chi connectivity index (χ0) is 16.9. The average Bonchev–Trinajstić information content (AvgIpc) is 2.63. The lowest BCUT2D eigenvalue weighted by Crippen LogP contribution is -2.46. The second-order valence-corrected chi connectivity index (χ2v) is 6.10. The van der Waals surface area contributed by atoms with Crippen LogP contribution in [0.25, 0.3) is 0 Å². The molecule has 24 heavy (non-hydrogen) atoms. The average molecular weight is 323 g/mol. The first-order chi connectivity index (χ1) is 11.6. The summed E-state index contributed by atoms with van der Waals surface area (Å²) < 4.78 is 0. The zero-order valence-corrected chi connectivity index (χ0v) is 13.7. The van der Waals surface area contributed by atoms with E-state index in [-0.39, 0.29) is 17.9 Å². The monoisotopic (exact) mass is 323 g/mol. The number of likely N-dealkylation sites (tertiary alicyclic amines) is 1. The fourth-order valence-corrected chi connectivity index (χ4v) is 2.99. The molecule has 0 unspecified atom stereocenters. The Bertz CT molecular complexity index is 722. The van der Waals surface area contributed by atoms with E-state index >= 15 is 0 Å². The number of hydrogen-bond donors (Lipinski definition) is 1. The SMILES string of the molecule is Cc1ccccc1C(=O)NC1CCN(C(=O)c2cccnc2)CC1. The molecule has 0 radical (unpaired) electrons. The predicted molar refractivity (Wildman–Crippen MR) is 91.8 cm³/mol. The van der Waals surface area contributed by atoms with Gasteiger partial charge in [-0.3, -0.25) is 14.6 Å². The highest BCUT2D eigenvalue weighted by molar-refractivity contribution is 5.96. The lowest BCUT2D eigenvalue weighted by Gasteiger charge is -2.32. The number of piperidine rings is 1. The van der Waals surface area contributed by atoms with Gasteiger partial charge < -0.3 is 10.2 Å². The minimum atomic E-state index is -0.0369. The van der Waals surface area contributed by atoms with Crippen LogP contribution in [0.4, 0.5) is 0 Å². The summed E-state index contributed by atoms with van der Waals surface area (Å²) in [5.74, 6) is -0.0306. The Morgan fingerprint density at radius 3 is 2.54 bits per heavy atom. The van der Waals surface area contributed by atoms with Crippen LogP contribution in [0, 0.1) is 6.92 Å². The molecule has 1 aliphatic rings. The highest BCUT2D eigenvalue weighted by Crippen LogP contribution is 2.15. The quantitative estimate of drug-likeness (QED) is 0.943. The molecule has 2 heterocycles. The van der Waals surface area contributed by atoms with Crippen molar-refractivity contribution in [3.05, 3.63) is 65.5 Å². The van der Waals surface area contributed by atoms with Crippen molar-refractivity contribution in [2.45, 2.75) is 25.8 Å². The van der Waals surface area contributed by atoms with Gasteiger partial charge in [-0.1, -0.05) is 18.2 Å². The van der Waals surface area contributed by atoms with Gasteiger partial charge in [0.15, 0.2) is 0 Å². The predicted octanol–water partition coefficient (Wildman–Crippen LogP) is 2.42. The molecule has 2 aromatic rings. The van der Waals surface area contributed by atoms with Gasteiger partial charge in [0.2, 0.25) is 0 Å². The lowest BCUT2D eigenvalue weighted by atomic mass is 10.0. The van der Waals surface area contributed by atoms with Crippen LogP contribution in [-0.4, -0.2) is 40.8 Å². The topological polar surface area (TPSA) is 62.3 Å². The Morgan fingerprint density at radius 1 is 1.12 bits per heavy atom. The Labute approximate surface area is 141 Å². The summed E-state index contributed by atoms with van der Waals surface area (Å²) in [5, 5.41) is 3.09. The molecular weight excluding hydrogens is 302 g/mol. The largest absolute Gasteiger partial charge is 0.349 e. The van der Waals surface area contributed by atoms with Gasteiger partial charge in [-0.05, 0) is 43.5 Å². The van der Waals surface area contributed by atoms with Gasteiger partial charge in [-0.2, -0.15) is 0 Å². The van der Waals surface area contributed by atoms with Crippen molar-refractivity contribution in [3.63, 3.8) is 0 Å². The summed E-state index contributed by atoms with van der Waals surface area (Å²) in [6.45, 7) is 3.23. The van der Waals surface area contributed by atoms with Crippen molar-refractivity contribution in [2.75, 3.05) is 13.1 Å². The van der Waals surface area contributed by atoms with Crippen LogP contribution in [0.3, 0.4) is 0 Å². The number of pyridine rings is 1. The number of carbonyl (C=O) groups is 2. The van der Waals surface area contributed by atoms with Gasteiger partial charge in [-0.25, -0.2) is 0 Å². The maximum atomic E-state index is 12.4. The number of hydrogen-bond acceptors (Lipinski definition) is 3. The second kappa shape index (κ2) is 7.25. The van der Waals surface area contributed by atoms with Crippen LogP contribution in [-0.2, 0) is 0 Å². The van der Waals surface area contributed by atoms with Crippen LogP contribution in [0.1, 0.15) is 39.1 Å². The van der Waals surface area contributed by atoms with Crippen molar-refractivity contribution < 1.29 is 9.59 Å². The van der Waals surface area contributed by atoms with Gasteiger partial charge in [0, 0.05) is 37.1 Å². The Morgan fingerprint density at radius 2 is 1.88 bits per heavy atom. The normalized spacial score (nSPS) is 15.1. The molecule has 0 aliphatic carbocycles. The third kappa shape index (κ3) is 3.62. The first-order valence-electron chi connectivity index (χ1n) is 8.21. The summed E-state index contributed by atoms with van der Waals surface area (Å²) in [6, 6.07) is 11.2. The van der Waals surface area contributed by atoms with Crippen molar-refractivity contribution in [1.29, 1.82) is 0 Å². The van der Waals surface area contributed by atoms with E-state index in [0.717, 1.165) is 18.4 Å². The molecule has 0 spiro atoms. The summed E-state index contributed by atoms with van der Waals surface area (Å²) in [5.41, 5.74) is 2.30. The highest BCUT2D eigenvalue weighted by atomic mass is 16.2. The van der Waals surface area contributed by atoms with Crippen LogP contribution >= 0.6 is 0 Å². The molecule has 1 aliphatic heterocycles. The fourth-order valence-electron chi connectivity index (χ4n) is 2.99. The summed E-state index contributed by atoms with van der Waals surface area (Å²) in [4.78, 5) is 30.6. The Balaban J connectivity index is 1.55. The molecule has 0 saturated carbocycles. The number of aromatic nitrogens is 1. The molecule has 0 atom stereocenters. The molecule has 1 fully saturated rings. The molecule has 3 rings (SSSR count). The molecular formula is C19H21N3O2. The minimum Gasteiger partial charge on any atom is -0.349 e. The van der Waals surface area contributed by atoms with E-state index in [9.17, 15) is 9.59 Å². The number of nitrogens with zero attached hydrogens (tertiary/aromatic N) is 2. The first kappa shape index (κ1) is 16.2. The molecule has 1 aromatic carbocycles. The van der Waals surface area contributed by atoms with Gasteiger partial charge in [-0.15, -0.1) is 0 Å². The number of benzene rings is 1. The molecule has 124 valence electrons. The van der Waals surface area contributed by atoms with E-state index in [1.807, 2.05) is 36.1 Å². The van der Waals surface area contributed by atoms with E-state index < -0.39 is 0 Å². The number of rotatable bonds is 3.